The van der Waals surface area contributed by atoms with E-state index in [4.69, 9.17) is 4.74 Å². The van der Waals surface area contributed by atoms with Gasteiger partial charge in [-0.15, -0.1) is 0 Å². The highest BCUT2D eigenvalue weighted by atomic mass is 35.5. The predicted molar refractivity (Wildman–Crippen MR) is 89.0 cm³/mol. The van der Waals surface area contributed by atoms with Crippen LogP contribution in [0.1, 0.15) is 28.4 Å². The molecule has 2 rings (SSSR count). The van der Waals surface area contributed by atoms with Gasteiger partial charge >= 0.3 is 5.97 Å². The maximum atomic E-state index is 12.1. The van der Waals surface area contributed by atoms with E-state index in [9.17, 15) is 4.79 Å². The van der Waals surface area contributed by atoms with Gasteiger partial charge in [-0.3, -0.25) is 0 Å². The summed E-state index contributed by atoms with van der Waals surface area (Å²) in [5.74, 6) is 0.0408. The largest absolute Gasteiger partial charge is 1.00 e. The Morgan fingerprint density at radius 1 is 1.30 bits per heavy atom. The van der Waals surface area contributed by atoms with Crippen molar-refractivity contribution >= 4 is 29.2 Å². The molecule has 0 spiro atoms. The second kappa shape index (κ2) is 8.74. The molecule has 7 heteroatoms. The van der Waals surface area contributed by atoms with E-state index in [-0.39, 0.29) is 12.4 Å². The molecule has 1 N–H and O–H groups in total. The predicted octanol–water partition coefficient (Wildman–Crippen LogP) is 0.740. The number of nitrogens with one attached hydrogen (secondary N) is 1. The standard InChI is InChI=1S/C16H19N3O2S.ClH/c1-5-21-15(20)12-9-17-16(22-4)19-14(12)18-13-10(2)7-6-8-11(13)3;/h6-9H,5H2,1-4H3,(H,17,18,19);1H/p-1. The zero-order valence-electron chi connectivity index (χ0n) is 13.5. The second-order valence-electron chi connectivity index (χ2n) is 4.73. The number of nitrogens with zero attached hydrogens (tertiary/aromatic N) is 2. The first kappa shape index (κ1) is 19.3. The van der Waals surface area contributed by atoms with E-state index >= 15 is 0 Å². The van der Waals surface area contributed by atoms with E-state index in [2.05, 4.69) is 15.3 Å². The average Bonchev–Trinajstić information content (AvgIpc) is 2.51. The lowest BCUT2D eigenvalue weighted by Gasteiger charge is -2.14. The molecular weight excluding hydrogens is 334 g/mol. The molecule has 0 atom stereocenters. The number of hydrogen-bond acceptors (Lipinski definition) is 6. The topological polar surface area (TPSA) is 64.1 Å². The number of benzene rings is 1. The number of carbonyl (C=O) groups is 1. The first-order chi connectivity index (χ1) is 10.6. The molecule has 23 heavy (non-hydrogen) atoms. The number of para-hydroxylation sites is 1. The third-order valence-corrected chi connectivity index (χ3v) is 3.73. The molecule has 0 saturated carbocycles. The van der Waals surface area contributed by atoms with Crippen LogP contribution < -0.4 is 17.7 Å². The third-order valence-electron chi connectivity index (χ3n) is 3.17. The Hall–Kier alpha value is -1.79. The summed E-state index contributed by atoms with van der Waals surface area (Å²) in [7, 11) is 0. The summed E-state index contributed by atoms with van der Waals surface area (Å²) < 4.78 is 5.07. The van der Waals surface area contributed by atoms with Crippen molar-refractivity contribution in [3.63, 3.8) is 0 Å². The molecule has 0 fully saturated rings. The Morgan fingerprint density at radius 3 is 2.52 bits per heavy atom. The zero-order valence-corrected chi connectivity index (χ0v) is 15.1. The lowest BCUT2D eigenvalue weighted by atomic mass is 10.1. The Morgan fingerprint density at radius 2 is 1.96 bits per heavy atom. The number of thioether (sulfide) groups is 1. The van der Waals surface area contributed by atoms with Crippen molar-refractivity contribution in [2.45, 2.75) is 25.9 Å². The van der Waals surface area contributed by atoms with E-state index < -0.39 is 5.97 Å². The molecule has 0 aliphatic carbocycles. The fourth-order valence-electron chi connectivity index (χ4n) is 2.05. The molecule has 1 aromatic heterocycles. The average molecular weight is 353 g/mol. The molecule has 0 bridgehead atoms. The number of aromatic nitrogens is 2. The van der Waals surface area contributed by atoms with Crippen LogP contribution in [0.25, 0.3) is 0 Å². The third kappa shape index (κ3) is 4.59. The maximum Gasteiger partial charge on any atom is 0.343 e. The molecule has 2 aromatic rings. The van der Waals surface area contributed by atoms with E-state index in [1.165, 1.54) is 18.0 Å². The highest BCUT2D eigenvalue weighted by Crippen LogP contribution is 2.26. The van der Waals surface area contributed by atoms with Gasteiger partial charge in [0.15, 0.2) is 5.16 Å². The smallest absolute Gasteiger partial charge is 0.343 e. The number of carbonyl (C=O) groups excluding carboxylic acids is 1. The Kier molecular flexibility index (Phi) is 7.32. The summed E-state index contributed by atoms with van der Waals surface area (Å²) in [6.45, 7) is 6.10. The van der Waals surface area contributed by atoms with Crippen LogP contribution in [0.5, 0.6) is 0 Å². The minimum Gasteiger partial charge on any atom is -1.00 e. The molecule has 0 saturated heterocycles. The van der Waals surface area contributed by atoms with Crippen molar-refractivity contribution < 1.29 is 21.9 Å². The van der Waals surface area contributed by atoms with Gasteiger partial charge in [0.05, 0.1) is 6.61 Å². The summed E-state index contributed by atoms with van der Waals surface area (Å²) in [4.78, 5) is 20.6. The highest BCUT2D eigenvalue weighted by Gasteiger charge is 2.17. The summed E-state index contributed by atoms with van der Waals surface area (Å²) >= 11 is 1.42. The number of halogens is 1. The van der Waals surface area contributed by atoms with Gasteiger partial charge in [-0.2, -0.15) is 0 Å². The first-order valence-corrected chi connectivity index (χ1v) is 8.20. The second-order valence-corrected chi connectivity index (χ2v) is 5.50. The lowest BCUT2D eigenvalue weighted by molar-refractivity contribution is -0.0000231. The monoisotopic (exact) mass is 352 g/mol. The molecule has 0 radical (unpaired) electrons. The summed E-state index contributed by atoms with van der Waals surface area (Å²) in [6.07, 6.45) is 3.40. The molecular formula is C16H19ClN3O2S-. The molecule has 0 aliphatic rings. The Bertz CT molecular complexity index is 675. The van der Waals surface area contributed by atoms with Crippen LogP contribution in [0.2, 0.25) is 0 Å². The van der Waals surface area contributed by atoms with Crippen molar-refractivity contribution in [3.05, 3.63) is 41.1 Å². The van der Waals surface area contributed by atoms with Crippen LogP contribution >= 0.6 is 11.8 Å². The van der Waals surface area contributed by atoms with E-state index in [0.29, 0.717) is 23.1 Å². The van der Waals surface area contributed by atoms with Gasteiger partial charge in [-0.1, -0.05) is 30.0 Å². The van der Waals surface area contributed by atoms with E-state index in [0.717, 1.165) is 16.8 Å². The lowest BCUT2D eigenvalue weighted by Crippen LogP contribution is -3.00. The first-order valence-electron chi connectivity index (χ1n) is 6.98. The quantitative estimate of drug-likeness (QED) is 0.486. The molecule has 0 amide bonds. The molecule has 0 unspecified atom stereocenters. The number of rotatable bonds is 5. The van der Waals surface area contributed by atoms with Crippen LogP contribution in [-0.2, 0) is 4.74 Å². The van der Waals surface area contributed by atoms with E-state index in [1.807, 2.05) is 38.3 Å². The molecule has 0 aliphatic heterocycles. The highest BCUT2D eigenvalue weighted by molar-refractivity contribution is 7.98. The number of esters is 1. The van der Waals surface area contributed by atoms with Gasteiger partial charge in [-0.25, -0.2) is 14.8 Å². The van der Waals surface area contributed by atoms with Crippen molar-refractivity contribution in [2.75, 3.05) is 18.2 Å². The van der Waals surface area contributed by atoms with Crippen molar-refractivity contribution in [1.29, 1.82) is 0 Å². The van der Waals surface area contributed by atoms with Crippen LogP contribution in [0.15, 0.2) is 29.6 Å². The molecule has 1 heterocycles. The zero-order chi connectivity index (χ0) is 16.1. The SMILES string of the molecule is CCOC(=O)c1cnc(SC)nc1Nc1c(C)cccc1C.[Cl-]. The summed E-state index contributed by atoms with van der Waals surface area (Å²) in [6, 6.07) is 6.02. The number of hydrogen-bond donors (Lipinski definition) is 1. The van der Waals surface area contributed by atoms with Crippen molar-refractivity contribution in [1.82, 2.24) is 9.97 Å². The minimum absolute atomic E-state index is 0. The maximum absolute atomic E-state index is 12.1. The number of anilines is 2. The summed E-state index contributed by atoms with van der Waals surface area (Å²) in [5, 5.41) is 3.86. The fourth-order valence-corrected chi connectivity index (χ4v) is 2.39. The van der Waals surface area contributed by atoms with Crippen LogP contribution in [0.3, 0.4) is 0 Å². The van der Waals surface area contributed by atoms with Gasteiger partial charge in [-0.05, 0) is 38.2 Å². The van der Waals surface area contributed by atoms with Crippen LogP contribution in [0.4, 0.5) is 11.5 Å². The van der Waals surface area contributed by atoms with Crippen molar-refractivity contribution in [2.24, 2.45) is 0 Å². The van der Waals surface area contributed by atoms with Crippen LogP contribution in [0, 0.1) is 13.8 Å². The molecule has 1 aromatic carbocycles. The van der Waals surface area contributed by atoms with Gasteiger partial charge in [0.1, 0.15) is 11.4 Å². The number of ether oxygens (including phenoxy) is 1. The molecule has 124 valence electrons. The number of aryl methyl sites for hydroxylation is 2. The summed E-state index contributed by atoms with van der Waals surface area (Å²) in [5.41, 5.74) is 3.44. The van der Waals surface area contributed by atoms with Gasteiger partial charge in [0, 0.05) is 11.9 Å². The van der Waals surface area contributed by atoms with Gasteiger partial charge in [0.2, 0.25) is 0 Å². The van der Waals surface area contributed by atoms with E-state index in [1.54, 1.807) is 6.92 Å². The van der Waals surface area contributed by atoms with Crippen LogP contribution in [-0.4, -0.2) is 28.8 Å². The molecule has 5 nitrogen and oxygen atoms in total. The Labute approximate surface area is 146 Å². The fraction of sp³-hybridized carbons (Fsp3) is 0.312. The Balaban J connectivity index is 0.00000264. The van der Waals surface area contributed by atoms with Crippen molar-refractivity contribution in [3.8, 4) is 0 Å². The minimum atomic E-state index is -0.427. The normalized spacial score (nSPS) is 9.91. The van der Waals surface area contributed by atoms with Gasteiger partial charge < -0.3 is 22.5 Å². The van der Waals surface area contributed by atoms with Gasteiger partial charge in [0.25, 0.3) is 0 Å².